The lowest BCUT2D eigenvalue weighted by atomic mass is 9.98. The quantitative estimate of drug-likeness (QED) is 0.771. The Bertz CT molecular complexity index is 662. The Kier molecular flexibility index (Phi) is 6.00. The van der Waals surface area contributed by atoms with Crippen LogP contribution >= 0.6 is 0 Å². The molecule has 0 saturated carbocycles. The number of pyridine rings is 1. The molecule has 2 rings (SSSR count). The molecule has 0 radical (unpaired) electrons. The highest BCUT2D eigenvalue weighted by Crippen LogP contribution is 2.20. The van der Waals surface area contributed by atoms with Crippen molar-refractivity contribution >= 4 is 11.6 Å². The van der Waals surface area contributed by atoms with Crippen LogP contribution in [-0.4, -0.2) is 4.57 Å². The van der Waals surface area contributed by atoms with Gasteiger partial charge in [-0.15, -0.1) is 0 Å². The number of hydrogen-bond acceptors (Lipinski definition) is 1. The summed E-state index contributed by atoms with van der Waals surface area (Å²) in [6.45, 7) is 12.1. The second-order valence-corrected chi connectivity index (χ2v) is 5.01. The molecule has 1 atom stereocenters. The van der Waals surface area contributed by atoms with Gasteiger partial charge in [-0.1, -0.05) is 32.1 Å². The molecule has 2 heteroatoms. The summed E-state index contributed by atoms with van der Waals surface area (Å²) in [7, 11) is 0. The van der Waals surface area contributed by atoms with Crippen LogP contribution in [0.25, 0.3) is 11.6 Å². The van der Waals surface area contributed by atoms with Gasteiger partial charge in [0, 0.05) is 23.0 Å². The summed E-state index contributed by atoms with van der Waals surface area (Å²) in [5.41, 5.74) is 2.28. The minimum absolute atomic E-state index is 0.167. The van der Waals surface area contributed by atoms with Gasteiger partial charge in [0.1, 0.15) is 0 Å². The molecule has 1 unspecified atom stereocenters. The zero-order chi connectivity index (χ0) is 15.3. The van der Waals surface area contributed by atoms with E-state index in [0.717, 1.165) is 29.0 Å². The van der Waals surface area contributed by atoms with Crippen molar-refractivity contribution in [3.05, 3.63) is 44.7 Å². The van der Waals surface area contributed by atoms with Crippen LogP contribution in [0.5, 0.6) is 0 Å². The Labute approximate surface area is 122 Å². The minimum atomic E-state index is 0.167. The van der Waals surface area contributed by atoms with E-state index in [2.05, 4.69) is 23.6 Å². The van der Waals surface area contributed by atoms with Crippen LogP contribution in [-0.2, 0) is 0 Å². The Morgan fingerprint density at radius 2 is 1.95 bits per heavy atom. The van der Waals surface area contributed by atoms with E-state index in [1.807, 2.05) is 46.9 Å². The fourth-order valence-corrected chi connectivity index (χ4v) is 2.73. The number of allylic oxidation sites excluding steroid dienone is 2. The van der Waals surface area contributed by atoms with Crippen LogP contribution < -0.4 is 16.0 Å². The molecule has 2 heterocycles. The van der Waals surface area contributed by atoms with Crippen molar-refractivity contribution in [1.82, 2.24) is 4.57 Å². The number of nitrogens with zero attached hydrogens (tertiary/aromatic N) is 1. The predicted molar refractivity (Wildman–Crippen MR) is 88.3 cm³/mol. The lowest BCUT2D eigenvalue weighted by Gasteiger charge is -2.24. The lowest BCUT2D eigenvalue weighted by Crippen LogP contribution is -2.49. The maximum Gasteiger partial charge on any atom is 0.191 e. The van der Waals surface area contributed by atoms with E-state index in [9.17, 15) is 4.79 Å². The summed E-state index contributed by atoms with van der Waals surface area (Å²) >= 11 is 0. The third-order valence-corrected chi connectivity index (χ3v) is 3.72. The van der Waals surface area contributed by atoms with Gasteiger partial charge in [0.25, 0.3) is 0 Å². The van der Waals surface area contributed by atoms with E-state index in [0.29, 0.717) is 6.04 Å². The summed E-state index contributed by atoms with van der Waals surface area (Å²) in [6, 6.07) is 0.465. The molecule has 20 heavy (non-hydrogen) atoms. The van der Waals surface area contributed by atoms with Crippen molar-refractivity contribution in [1.29, 1.82) is 0 Å². The molecule has 1 aliphatic rings. The van der Waals surface area contributed by atoms with Gasteiger partial charge in [0.05, 0.1) is 5.35 Å². The number of aromatic nitrogens is 1. The third-order valence-electron chi connectivity index (χ3n) is 3.72. The zero-order valence-electron chi connectivity index (χ0n) is 13.7. The summed E-state index contributed by atoms with van der Waals surface area (Å²) < 4.78 is 2.27. The number of aryl methyl sites for hydroxylation is 1. The maximum absolute atomic E-state index is 12.2. The molecule has 0 aromatic carbocycles. The van der Waals surface area contributed by atoms with E-state index in [1.54, 1.807) is 0 Å². The average molecular weight is 273 g/mol. The predicted octanol–water partition coefficient (Wildman–Crippen LogP) is 3.06. The smallest absolute Gasteiger partial charge is 0.191 e. The molecular formula is C18H27NO. The van der Waals surface area contributed by atoms with E-state index < -0.39 is 0 Å². The molecule has 1 aromatic heterocycles. The van der Waals surface area contributed by atoms with Gasteiger partial charge in [-0.3, -0.25) is 4.79 Å². The summed E-state index contributed by atoms with van der Waals surface area (Å²) in [5.74, 6) is 0. The average Bonchev–Trinajstić information content (AvgIpc) is 2.46. The van der Waals surface area contributed by atoms with Crippen molar-refractivity contribution in [2.45, 2.75) is 60.4 Å². The largest absolute Gasteiger partial charge is 0.344 e. The molecule has 0 fully saturated rings. The summed E-state index contributed by atoms with van der Waals surface area (Å²) in [5, 5.41) is 1.97. The first-order chi connectivity index (χ1) is 9.60. The van der Waals surface area contributed by atoms with Crippen LogP contribution in [0.1, 0.15) is 59.1 Å². The fourth-order valence-electron chi connectivity index (χ4n) is 2.73. The third kappa shape index (κ3) is 2.95. The Hall–Kier alpha value is -1.57. The molecule has 0 N–H and O–H groups in total. The first kappa shape index (κ1) is 16.5. The Morgan fingerprint density at radius 1 is 1.30 bits per heavy atom. The second kappa shape index (κ2) is 7.28. The number of fused-ring (bicyclic) bond motifs is 1. The zero-order valence-corrected chi connectivity index (χ0v) is 13.7. The van der Waals surface area contributed by atoms with Crippen LogP contribution in [0.4, 0.5) is 0 Å². The highest BCUT2D eigenvalue weighted by Gasteiger charge is 2.16. The molecule has 1 aromatic rings. The summed E-state index contributed by atoms with van der Waals surface area (Å²) in [6.07, 6.45) is 10.3. The van der Waals surface area contributed by atoms with E-state index in [-0.39, 0.29) is 5.43 Å². The topological polar surface area (TPSA) is 22.0 Å². The molecule has 110 valence electrons. The highest BCUT2D eigenvalue weighted by molar-refractivity contribution is 5.57. The van der Waals surface area contributed by atoms with Crippen molar-refractivity contribution in [2.24, 2.45) is 0 Å². The van der Waals surface area contributed by atoms with Crippen molar-refractivity contribution in [3.63, 3.8) is 0 Å². The minimum Gasteiger partial charge on any atom is -0.344 e. The molecule has 2 nitrogen and oxygen atoms in total. The molecule has 0 aliphatic carbocycles. The first-order valence-corrected chi connectivity index (χ1v) is 7.64. The second-order valence-electron chi connectivity index (χ2n) is 5.01. The van der Waals surface area contributed by atoms with E-state index >= 15 is 0 Å². The maximum atomic E-state index is 12.2. The molecule has 0 spiro atoms. The van der Waals surface area contributed by atoms with Gasteiger partial charge in [0.2, 0.25) is 0 Å². The van der Waals surface area contributed by atoms with Crippen LogP contribution in [0.15, 0.2) is 23.1 Å². The molecule has 1 aliphatic heterocycles. The number of rotatable bonds is 1. The van der Waals surface area contributed by atoms with Crippen LogP contribution in [0, 0.1) is 6.92 Å². The standard InChI is InChI=1S/C16H21NO.C2H6/c1-5-7-13-9-8-12(4)17-10-11(3)16(18)14(6-2)15(13)17;1-2/h5-7,10,12H,8-9H2,1-4H3;1-2H3/b7-5-,14-6+;. The SMILES string of the molecule is CC.C\C=C/C1=c2\c(=C/C)c(=O)c(C)cn2C(C)CC1. The molecule has 0 saturated heterocycles. The van der Waals surface area contributed by atoms with Crippen molar-refractivity contribution < 1.29 is 0 Å². The van der Waals surface area contributed by atoms with Gasteiger partial charge >= 0.3 is 0 Å². The molecule has 0 amide bonds. The van der Waals surface area contributed by atoms with Gasteiger partial charge in [-0.05, 0) is 46.1 Å². The van der Waals surface area contributed by atoms with Crippen LogP contribution in [0.3, 0.4) is 0 Å². The lowest BCUT2D eigenvalue weighted by molar-refractivity contribution is 0.477. The first-order valence-electron chi connectivity index (χ1n) is 7.64. The molecule has 0 bridgehead atoms. The monoisotopic (exact) mass is 273 g/mol. The van der Waals surface area contributed by atoms with Gasteiger partial charge < -0.3 is 4.57 Å². The molecular weight excluding hydrogens is 246 g/mol. The van der Waals surface area contributed by atoms with Crippen molar-refractivity contribution in [2.75, 3.05) is 0 Å². The highest BCUT2D eigenvalue weighted by atomic mass is 16.1. The number of hydrogen-bond donors (Lipinski definition) is 0. The van der Waals surface area contributed by atoms with Crippen molar-refractivity contribution in [3.8, 4) is 0 Å². The van der Waals surface area contributed by atoms with Gasteiger partial charge in [-0.2, -0.15) is 0 Å². The van der Waals surface area contributed by atoms with E-state index in [1.165, 1.54) is 5.57 Å². The summed E-state index contributed by atoms with van der Waals surface area (Å²) in [4.78, 5) is 12.2. The Morgan fingerprint density at radius 3 is 2.50 bits per heavy atom. The normalized spacial score (nSPS) is 18.8. The van der Waals surface area contributed by atoms with Gasteiger partial charge in [-0.25, -0.2) is 0 Å². The Balaban J connectivity index is 0.000000956. The van der Waals surface area contributed by atoms with Gasteiger partial charge in [0.15, 0.2) is 5.43 Å². The van der Waals surface area contributed by atoms with E-state index in [4.69, 9.17) is 0 Å². The van der Waals surface area contributed by atoms with Crippen LogP contribution in [0.2, 0.25) is 0 Å². The fraction of sp³-hybridized carbons (Fsp3) is 0.500.